The van der Waals surface area contributed by atoms with Crippen LogP contribution in [-0.2, 0) is 0 Å². The number of rotatable bonds is 0. The SMILES string of the molecule is CC1(C)C2CCCCC2C2CC3C(CC21)NC1CCC=CC13. The zero-order chi connectivity index (χ0) is 14.9. The number of allylic oxidation sites excluding steroid dienone is 1. The van der Waals surface area contributed by atoms with Crippen molar-refractivity contribution >= 4 is 0 Å². The maximum atomic E-state index is 4.08. The van der Waals surface area contributed by atoms with Gasteiger partial charge in [0.05, 0.1) is 0 Å². The van der Waals surface area contributed by atoms with Crippen molar-refractivity contribution in [2.45, 2.75) is 77.3 Å². The lowest BCUT2D eigenvalue weighted by atomic mass is 9.63. The Morgan fingerprint density at radius 2 is 1.73 bits per heavy atom. The third-order valence-corrected chi connectivity index (χ3v) is 8.76. The summed E-state index contributed by atoms with van der Waals surface area (Å²) in [6.07, 6.45) is 16.9. The van der Waals surface area contributed by atoms with E-state index < -0.39 is 0 Å². The van der Waals surface area contributed by atoms with Crippen molar-refractivity contribution in [3.8, 4) is 0 Å². The molecule has 1 heterocycles. The summed E-state index contributed by atoms with van der Waals surface area (Å²) in [5.41, 5.74) is 0.603. The number of hydrogen-bond donors (Lipinski definition) is 1. The Kier molecular flexibility index (Phi) is 3.10. The van der Waals surface area contributed by atoms with Crippen LogP contribution in [0.25, 0.3) is 0 Å². The summed E-state index contributed by atoms with van der Waals surface area (Å²) in [6.45, 7) is 5.26. The first-order valence-electron chi connectivity index (χ1n) is 10.1. The highest BCUT2D eigenvalue weighted by Crippen LogP contribution is 2.65. The van der Waals surface area contributed by atoms with Crippen molar-refractivity contribution in [2.24, 2.45) is 40.9 Å². The molecule has 122 valence electrons. The van der Waals surface area contributed by atoms with E-state index in [-0.39, 0.29) is 0 Å². The largest absolute Gasteiger partial charge is 0.310 e. The predicted octanol–water partition coefficient (Wildman–Crippen LogP) is 4.78. The van der Waals surface area contributed by atoms with Crippen LogP contribution in [0, 0.1) is 40.9 Å². The Morgan fingerprint density at radius 1 is 0.864 bits per heavy atom. The van der Waals surface area contributed by atoms with Crippen LogP contribution < -0.4 is 5.32 Å². The number of nitrogens with one attached hydrogen (secondary N) is 1. The third-order valence-electron chi connectivity index (χ3n) is 8.76. The van der Waals surface area contributed by atoms with Crippen molar-refractivity contribution in [2.75, 3.05) is 0 Å². The molecule has 0 aromatic rings. The molecule has 1 N–H and O–H groups in total. The van der Waals surface area contributed by atoms with Crippen LogP contribution >= 0.6 is 0 Å². The van der Waals surface area contributed by atoms with Gasteiger partial charge in [0, 0.05) is 12.1 Å². The first kappa shape index (κ1) is 14.1. The van der Waals surface area contributed by atoms with Gasteiger partial charge in [0.15, 0.2) is 0 Å². The maximum absolute atomic E-state index is 4.08. The minimum atomic E-state index is 0.603. The quantitative estimate of drug-likeness (QED) is 0.635. The lowest BCUT2D eigenvalue weighted by molar-refractivity contribution is 0.0921. The molecule has 3 saturated carbocycles. The van der Waals surface area contributed by atoms with Gasteiger partial charge >= 0.3 is 0 Å². The molecule has 8 unspecified atom stereocenters. The second-order valence-corrected chi connectivity index (χ2v) is 9.74. The van der Waals surface area contributed by atoms with E-state index in [1.807, 2.05) is 0 Å². The summed E-state index contributed by atoms with van der Waals surface area (Å²) in [7, 11) is 0. The third kappa shape index (κ3) is 1.81. The Morgan fingerprint density at radius 3 is 2.64 bits per heavy atom. The van der Waals surface area contributed by atoms with Crippen molar-refractivity contribution in [1.82, 2.24) is 5.32 Å². The summed E-state index contributed by atoms with van der Waals surface area (Å²) in [4.78, 5) is 0. The second-order valence-electron chi connectivity index (χ2n) is 9.74. The molecular weight excluding hydrogens is 266 g/mol. The van der Waals surface area contributed by atoms with Gasteiger partial charge in [0.2, 0.25) is 0 Å². The highest BCUT2D eigenvalue weighted by molar-refractivity contribution is 5.15. The van der Waals surface area contributed by atoms with E-state index in [9.17, 15) is 0 Å². The second kappa shape index (κ2) is 4.85. The first-order valence-corrected chi connectivity index (χ1v) is 10.1. The van der Waals surface area contributed by atoms with Crippen LogP contribution in [0.15, 0.2) is 12.2 Å². The lowest BCUT2D eigenvalue weighted by Crippen LogP contribution is -2.42. The molecule has 4 aliphatic carbocycles. The maximum Gasteiger partial charge on any atom is 0.0139 e. The van der Waals surface area contributed by atoms with E-state index in [1.165, 1.54) is 38.5 Å². The van der Waals surface area contributed by atoms with Gasteiger partial charge in [-0.15, -0.1) is 0 Å². The summed E-state index contributed by atoms with van der Waals surface area (Å²) < 4.78 is 0. The predicted molar refractivity (Wildman–Crippen MR) is 91.5 cm³/mol. The van der Waals surface area contributed by atoms with Crippen molar-refractivity contribution in [3.63, 3.8) is 0 Å². The minimum Gasteiger partial charge on any atom is -0.310 e. The first-order chi connectivity index (χ1) is 10.7. The lowest BCUT2D eigenvalue weighted by Gasteiger charge is -2.42. The molecule has 0 aromatic heterocycles. The molecule has 22 heavy (non-hydrogen) atoms. The molecule has 0 bridgehead atoms. The van der Waals surface area contributed by atoms with Crippen LogP contribution in [0.4, 0.5) is 0 Å². The smallest absolute Gasteiger partial charge is 0.0139 e. The van der Waals surface area contributed by atoms with Gasteiger partial charge in [0.25, 0.3) is 0 Å². The van der Waals surface area contributed by atoms with E-state index in [2.05, 4.69) is 31.3 Å². The topological polar surface area (TPSA) is 12.0 Å². The zero-order valence-electron chi connectivity index (χ0n) is 14.4. The van der Waals surface area contributed by atoms with Gasteiger partial charge in [-0.1, -0.05) is 38.8 Å². The number of hydrogen-bond acceptors (Lipinski definition) is 1. The molecular formula is C21H33N. The molecule has 1 heteroatoms. The minimum absolute atomic E-state index is 0.603. The normalized spacial score (nSPS) is 55.2. The van der Waals surface area contributed by atoms with E-state index >= 15 is 0 Å². The van der Waals surface area contributed by atoms with Crippen LogP contribution in [0.3, 0.4) is 0 Å². The van der Waals surface area contributed by atoms with Gasteiger partial charge in [-0.2, -0.15) is 0 Å². The molecule has 8 atom stereocenters. The summed E-state index contributed by atoms with van der Waals surface area (Å²) in [5, 5.41) is 4.08. The van der Waals surface area contributed by atoms with Crippen molar-refractivity contribution in [1.29, 1.82) is 0 Å². The fourth-order valence-corrected chi connectivity index (χ4v) is 7.85. The fourth-order valence-electron chi connectivity index (χ4n) is 7.85. The molecule has 0 radical (unpaired) electrons. The summed E-state index contributed by atoms with van der Waals surface area (Å²) in [5.74, 6) is 5.98. The molecule has 1 saturated heterocycles. The van der Waals surface area contributed by atoms with E-state index in [4.69, 9.17) is 0 Å². The molecule has 5 rings (SSSR count). The van der Waals surface area contributed by atoms with Gasteiger partial charge in [-0.05, 0) is 79.4 Å². The zero-order valence-corrected chi connectivity index (χ0v) is 14.4. The highest BCUT2D eigenvalue weighted by Gasteiger charge is 2.60. The fraction of sp³-hybridized carbons (Fsp3) is 0.905. The summed E-state index contributed by atoms with van der Waals surface area (Å²) >= 11 is 0. The highest BCUT2D eigenvalue weighted by atomic mass is 15.0. The van der Waals surface area contributed by atoms with Gasteiger partial charge < -0.3 is 5.32 Å². The average Bonchev–Trinajstić information content (AvgIpc) is 3.00. The molecule has 4 fully saturated rings. The van der Waals surface area contributed by atoms with E-state index in [1.54, 1.807) is 12.8 Å². The molecule has 0 amide bonds. The van der Waals surface area contributed by atoms with Crippen LogP contribution in [0.2, 0.25) is 0 Å². The Labute approximate surface area is 136 Å². The Hall–Kier alpha value is -0.300. The van der Waals surface area contributed by atoms with Crippen molar-refractivity contribution in [3.05, 3.63) is 12.2 Å². The van der Waals surface area contributed by atoms with Gasteiger partial charge in [-0.3, -0.25) is 0 Å². The molecule has 5 aliphatic rings. The van der Waals surface area contributed by atoms with Crippen LogP contribution in [0.5, 0.6) is 0 Å². The molecule has 0 spiro atoms. The standard InChI is InChI=1S/C21H33N/c1-21(2)17-9-5-3-7-13(17)15-11-16-14-8-4-6-10-19(14)22-20(16)12-18(15)21/h4,8,13-20,22H,3,5-7,9-12H2,1-2H3. The van der Waals surface area contributed by atoms with Crippen LogP contribution in [-0.4, -0.2) is 12.1 Å². The monoisotopic (exact) mass is 299 g/mol. The van der Waals surface area contributed by atoms with Crippen LogP contribution in [0.1, 0.15) is 65.2 Å². The van der Waals surface area contributed by atoms with Gasteiger partial charge in [0.1, 0.15) is 0 Å². The average molecular weight is 300 g/mol. The Bertz CT molecular complexity index is 478. The van der Waals surface area contributed by atoms with Gasteiger partial charge in [-0.25, -0.2) is 0 Å². The Balaban J connectivity index is 1.45. The molecule has 1 nitrogen and oxygen atoms in total. The van der Waals surface area contributed by atoms with E-state index in [0.29, 0.717) is 5.41 Å². The molecule has 0 aromatic carbocycles. The molecule has 1 aliphatic heterocycles. The number of fused-ring (bicyclic) bond motifs is 6. The van der Waals surface area contributed by atoms with Crippen molar-refractivity contribution < 1.29 is 0 Å². The van der Waals surface area contributed by atoms with E-state index in [0.717, 1.165) is 47.6 Å². The summed E-state index contributed by atoms with van der Waals surface area (Å²) in [6, 6.07) is 1.64.